The van der Waals surface area contributed by atoms with E-state index in [0.29, 0.717) is 29.9 Å². The van der Waals surface area contributed by atoms with Gasteiger partial charge in [-0.05, 0) is 73.3 Å². The number of nitrogens with one attached hydrogen (secondary N) is 1. The summed E-state index contributed by atoms with van der Waals surface area (Å²) in [6.07, 6.45) is 3.95. The standard InChI is InChI=1S/C16H16N2O3.C15H19N3O2.2ClH/c17-10-12-5-4-6-13(9-12)16(21)18(11-15(19)20)14-7-2-1-3-8-14;16-14(19)11-5-4-10-6-8-18(13(10)9-11)15(20)12-3-1-2-7-17-12;;/h1-9H,10-11,17H2,(H,19,20);4-5,9,12,17H,1-3,6-8H2,(H2,16,19);2*1H/t;12-;;/m.0../s1. The molecule has 43 heavy (non-hydrogen) atoms. The minimum Gasteiger partial charge on any atom is -0.480 e. The van der Waals surface area contributed by atoms with E-state index in [1.165, 1.54) is 4.90 Å². The molecule has 1 fully saturated rings. The number of benzene rings is 3. The van der Waals surface area contributed by atoms with E-state index in [9.17, 15) is 19.2 Å². The van der Waals surface area contributed by atoms with E-state index < -0.39 is 18.4 Å². The maximum absolute atomic E-state index is 12.6. The molecule has 3 aromatic rings. The van der Waals surface area contributed by atoms with Gasteiger partial charge in [0.1, 0.15) is 6.54 Å². The molecular weight excluding hydrogens is 593 g/mol. The summed E-state index contributed by atoms with van der Waals surface area (Å²) in [6, 6.07) is 20.9. The largest absolute Gasteiger partial charge is 0.480 e. The number of carboxylic acid groups (broad SMARTS) is 1. The Balaban J connectivity index is 0.000000287. The number of nitrogens with zero attached hydrogens (tertiary/aromatic N) is 2. The molecule has 3 amide bonds. The molecule has 0 radical (unpaired) electrons. The predicted molar refractivity (Wildman–Crippen MR) is 171 cm³/mol. The quantitative estimate of drug-likeness (QED) is 0.311. The van der Waals surface area contributed by atoms with Crippen molar-refractivity contribution >= 4 is 59.9 Å². The van der Waals surface area contributed by atoms with Crippen LogP contribution in [0.25, 0.3) is 0 Å². The van der Waals surface area contributed by atoms with Crippen LogP contribution in [0, 0.1) is 0 Å². The lowest BCUT2D eigenvalue weighted by Gasteiger charge is -2.27. The number of aliphatic carboxylic acids is 1. The molecule has 10 nitrogen and oxygen atoms in total. The van der Waals surface area contributed by atoms with Crippen LogP contribution < -0.4 is 26.6 Å². The number of carbonyl (C=O) groups is 4. The van der Waals surface area contributed by atoms with Crippen molar-refractivity contribution in [2.45, 2.75) is 38.3 Å². The van der Waals surface area contributed by atoms with Crippen LogP contribution in [0.1, 0.15) is 51.1 Å². The Morgan fingerprint density at radius 3 is 2.30 bits per heavy atom. The normalized spacial score (nSPS) is 15.0. The summed E-state index contributed by atoms with van der Waals surface area (Å²) in [6.45, 7) is 1.52. The third-order valence-electron chi connectivity index (χ3n) is 7.16. The Kier molecular flexibility index (Phi) is 13.6. The van der Waals surface area contributed by atoms with Crippen LogP contribution in [0.3, 0.4) is 0 Å². The predicted octanol–water partition coefficient (Wildman–Crippen LogP) is 3.54. The first-order chi connectivity index (χ1) is 19.8. The van der Waals surface area contributed by atoms with Crippen molar-refractivity contribution in [1.82, 2.24) is 5.32 Å². The first-order valence-electron chi connectivity index (χ1n) is 13.6. The summed E-state index contributed by atoms with van der Waals surface area (Å²) in [5.41, 5.74) is 15.1. The molecule has 1 atom stereocenters. The Bertz CT molecular complexity index is 1420. The van der Waals surface area contributed by atoms with E-state index in [1.807, 2.05) is 18.2 Å². The molecule has 0 unspecified atom stereocenters. The van der Waals surface area contributed by atoms with Crippen molar-refractivity contribution < 1.29 is 24.3 Å². The Morgan fingerprint density at radius 1 is 0.930 bits per heavy atom. The summed E-state index contributed by atoms with van der Waals surface area (Å²) in [4.78, 5) is 50.5. The number of piperidine rings is 1. The summed E-state index contributed by atoms with van der Waals surface area (Å²) >= 11 is 0. The van der Waals surface area contributed by atoms with Crippen LogP contribution >= 0.6 is 24.8 Å². The number of carboxylic acids is 1. The van der Waals surface area contributed by atoms with Crippen molar-refractivity contribution in [1.29, 1.82) is 0 Å². The maximum atomic E-state index is 12.6. The van der Waals surface area contributed by atoms with E-state index in [0.717, 1.165) is 49.0 Å². The fourth-order valence-corrected chi connectivity index (χ4v) is 5.02. The molecule has 3 aromatic carbocycles. The molecule has 2 aliphatic rings. The van der Waals surface area contributed by atoms with E-state index in [2.05, 4.69) is 5.32 Å². The number of amides is 3. The summed E-state index contributed by atoms with van der Waals surface area (Å²) in [5, 5.41) is 12.3. The molecule has 2 aliphatic heterocycles. The highest BCUT2D eigenvalue weighted by molar-refractivity contribution is 6.08. The molecule has 5 rings (SSSR count). The number of para-hydroxylation sites is 1. The van der Waals surface area contributed by atoms with Gasteiger partial charge in [0.2, 0.25) is 11.8 Å². The smallest absolute Gasteiger partial charge is 0.323 e. The molecule has 0 aliphatic carbocycles. The van der Waals surface area contributed by atoms with E-state index in [-0.39, 0.29) is 42.7 Å². The monoisotopic (exact) mass is 629 g/mol. The highest BCUT2D eigenvalue weighted by Crippen LogP contribution is 2.30. The van der Waals surface area contributed by atoms with E-state index in [1.54, 1.807) is 59.5 Å². The molecule has 0 spiro atoms. The fraction of sp³-hybridized carbons (Fsp3) is 0.290. The second kappa shape index (κ2) is 16.6. The van der Waals surface area contributed by atoms with Gasteiger partial charge in [0.25, 0.3) is 5.91 Å². The lowest BCUT2D eigenvalue weighted by Crippen LogP contribution is -2.48. The van der Waals surface area contributed by atoms with Crippen LogP contribution in [0.2, 0.25) is 0 Å². The second-order valence-corrected chi connectivity index (χ2v) is 9.98. The topological polar surface area (TPSA) is 159 Å². The summed E-state index contributed by atoms with van der Waals surface area (Å²) in [5.74, 6) is -1.77. The number of fused-ring (bicyclic) bond motifs is 1. The molecular formula is C31H37Cl2N5O5. The molecule has 12 heteroatoms. The minimum atomic E-state index is -1.07. The summed E-state index contributed by atoms with van der Waals surface area (Å²) in [7, 11) is 0. The lowest BCUT2D eigenvalue weighted by molar-refractivity contribution is -0.135. The molecule has 1 saturated heterocycles. The molecule has 0 saturated carbocycles. The number of halogens is 2. The van der Waals surface area contributed by atoms with Gasteiger partial charge < -0.3 is 26.8 Å². The van der Waals surface area contributed by atoms with E-state index in [4.69, 9.17) is 16.6 Å². The first-order valence-corrected chi connectivity index (χ1v) is 13.6. The van der Waals surface area contributed by atoms with E-state index >= 15 is 0 Å². The van der Waals surface area contributed by atoms with Gasteiger partial charge in [-0.3, -0.25) is 24.1 Å². The van der Waals surface area contributed by atoms with Crippen molar-refractivity contribution in [2.24, 2.45) is 11.5 Å². The maximum Gasteiger partial charge on any atom is 0.323 e. The van der Waals surface area contributed by atoms with Gasteiger partial charge in [0.15, 0.2) is 0 Å². The average molecular weight is 631 g/mol. The SMILES string of the molecule is Cl.Cl.NC(=O)c1ccc2c(c1)N(C(=O)[C@@H]1CCCCN1)CC2.NCc1cccc(C(=O)N(CC(=O)O)c2ccccc2)c1. The number of carbonyl (C=O) groups excluding carboxylic acids is 3. The third kappa shape index (κ3) is 9.01. The van der Waals surface area contributed by atoms with Gasteiger partial charge in [-0.25, -0.2) is 0 Å². The Hall–Kier alpha value is -3.96. The summed E-state index contributed by atoms with van der Waals surface area (Å²) < 4.78 is 0. The molecule has 0 aromatic heterocycles. The van der Waals surface area contributed by atoms with Crippen molar-refractivity contribution in [3.63, 3.8) is 0 Å². The van der Waals surface area contributed by atoms with Gasteiger partial charge in [-0.1, -0.05) is 42.8 Å². The van der Waals surface area contributed by atoms with Gasteiger partial charge >= 0.3 is 5.97 Å². The zero-order chi connectivity index (χ0) is 29.4. The van der Waals surface area contributed by atoms with Crippen LogP contribution in [0.5, 0.6) is 0 Å². The second-order valence-electron chi connectivity index (χ2n) is 9.98. The van der Waals surface area contributed by atoms with Crippen molar-refractivity contribution in [3.8, 4) is 0 Å². The molecule has 0 bridgehead atoms. The Labute approximate surface area is 263 Å². The number of primary amides is 1. The number of hydrogen-bond acceptors (Lipinski definition) is 6. The zero-order valence-corrected chi connectivity index (χ0v) is 25.2. The number of rotatable bonds is 7. The highest BCUT2D eigenvalue weighted by atomic mass is 35.5. The first kappa shape index (κ1) is 35.2. The number of hydrogen-bond donors (Lipinski definition) is 4. The minimum absolute atomic E-state index is 0. The van der Waals surface area contributed by atoms with Gasteiger partial charge in [0, 0.05) is 35.6 Å². The van der Waals surface area contributed by atoms with Crippen LogP contribution in [-0.4, -0.2) is 54.5 Å². The van der Waals surface area contributed by atoms with Gasteiger partial charge in [0.05, 0.1) is 6.04 Å². The molecule has 230 valence electrons. The van der Waals surface area contributed by atoms with Crippen molar-refractivity contribution in [3.05, 3.63) is 95.1 Å². The molecule has 2 heterocycles. The zero-order valence-electron chi connectivity index (χ0n) is 23.6. The lowest BCUT2D eigenvalue weighted by atomic mass is 10.0. The van der Waals surface area contributed by atoms with Crippen LogP contribution in [-0.2, 0) is 22.6 Å². The van der Waals surface area contributed by atoms with Gasteiger partial charge in [-0.2, -0.15) is 0 Å². The number of nitrogens with two attached hydrogens (primary N) is 2. The van der Waals surface area contributed by atoms with Crippen LogP contribution in [0.15, 0.2) is 72.8 Å². The third-order valence-corrected chi connectivity index (χ3v) is 7.16. The molecule has 6 N–H and O–H groups in total. The van der Waals surface area contributed by atoms with Crippen LogP contribution in [0.4, 0.5) is 11.4 Å². The Morgan fingerprint density at radius 2 is 1.67 bits per heavy atom. The number of anilines is 2. The fourth-order valence-electron chi connectivity index (χ4n) is 5.02. The van der Waals surface area contributed by atoms with Gasteiger partial charge in [-0.15, -0.1) is 24.8 Å². The average Bonchev–Trinajstić information content (AvgIpc) is 3.43. The van der Waals surface area contributed by atoms with Crippen molar-refractivity contribution in [2.75, 3.05) is 29.4 Å². The highest BCUT2D eigenvalue weighted by Gasteiger charge is 2.31.